The number of aryl methyl sites for hydroxylation is 1. The van der Waals surface area contributed by atoms with Gasteiger partial charge < -0.3 is 20.5 Å². The molecule has 37 heavy (non-hydrogen) atoms. The van der Waals surface area contributed by atoms with E-state index in [0.29, 0.717) is 33.7 Å². The van der Waals surface area contributed by atoms with Gasteiger partial charge in [-0.15, -0.1) is 0 Å². The lowest BCUT2D eigenvalue weighted by Gasteiger charge is -2.22. The fraction of sp³-hybridized carbons (Fsp3) is 0.214. The van der Waals surface area contributed by atoms with Gasteiger partial charge in [0.15, 0.2) is 6.04 Å². The Hall–Kier alpha value is -4.66. The summed E-state index contributed by atoms with van der Waals surface area (Å²) in [6, 6.07) is 18.2. The number of hydrogen-bond donors (Lipinski definition) is 3. The highest BCUT2D eigenvalue weighted by molar-refractivity contribution is 6.21. The van der Waals surface area contributed by atoms with Gasteiger partial charge in [-0.3, -0.25) is 19.9 Å². The lowest BCUT2D eigenvalue weighted by molar-refractivity contribution is -0.141. The van der Waals surface area contributed by atoms with Crippen LogP contribution in [0.5, 0.6) is 5.75 Å². The van der Waals surface area contributed by atoms with Gasteiger partial charge in [-0.2, -0.15) is 0 Å². The van der Waals surface area contributed by atoms with Crippen molar-refractivity contribution in [1.82, 2.24) is 4.90 Å². The first-order valence-corrected chi connectivity index (χ1v) is 11.8. The minimum atomic E-state index is -0.894. The number of amides is 2. The van der Waals surface area contributed by atoms with Crippen LogP contribution in [0.4, 0.5) is 5.69 Å². The number of ether oxygens (including phenoxy) is 2. The largest absolute Gasteiger partial charge is 0.491 e. The van der Waals surface area contributed by atoms with Crippen molar-refractivity contribution in [3.8, 4) is 5.75 Å². The summed E-state index contributed by atoms with van der Waals surface area (Å²) in [7, 11) is 1.31. The zero-order chi connectivity index (χ0) is 26.5. The summed E-state index contributed by atoms with van der Waals surface area (Å²) in [4.78, 5) is 39.3. The van der Waals surface area contributed by atoms with Crippen LogP contribution in [-0.4, -0.2) is 48.8 Å². The van der Waals surface area contributed by atoms with E-state index in [1.165, 1.54) is 7.11 Å². The predicted octanol–water partition coefficient (Wildman–Crippen LogP) is 3.53. The van der Waals surface area contributed by atoms with Gasteiger partial charge in [-0.05, 0) is 60.5 Å². The van der Waals surface area contributed by atoms with Crippen LogP contribution >= 0.6 is 0 Å². The van der Waals surface area contributed by atoms with E-state index in [0.717, 1.165) is 16.9 Å². The number of fused-ring (bicyclic) bond motifs is 1. The molecule has 1 unspecified atom stereocenters. The maximum absolute atomic E-state index is 12.8. The molecule has 0 saturated heterocycles. The molecule has 0 aliphatic carbocycles. The molecule has 0 aromatic heterocycles. The molecule has 2 amide bonds. The van der Waals surface area contributed by atoms with Crippen molar-refractivity contribution in [3.63, 3.8) is 0 Å². The smallest absolute Gasteiger partial charge is 0.333 e. The number of esters is 1. The third-order valence-corrected chi connectivity index (χ3v) is 6.19. The second-order valence-electron chi connectivity index (χ2n) is 8.47. The summed E-state index contributed by atoms with van der Waals surface area (Å²) in [6.07, 6.45) is 0.740. The summed E-state index contributed by atoms with van der Waals surface area (Å²) >= 11 is 0. The van der Waals surface area contributed by atoms with Gasteiger partial charge in [0.05, 0.1) is 24.8 Å². The molecule has 0 fully saturated rings. The van der Waals surface area contributed by atoms with Crippen molar-refractivity contribution in [1.29, 1.82) is 5.41 Å². The van der Waals surface area contributed by atoms with Crippen molar-refractivity contribution < 1.29 is 23.9 Å². The average Bonchev–Trinajstić information content (AvgIpc) is 3.16. The SMILES string of the molecule is CCc1ccc(OCCN2C(=O)c3ccccc3C2=O)c(C(Nc2ccc(C(=N)N)cc2)C(=O)OC)c1. The van der Waals surface area contributed by atoms with Crippen molar-refractivity contribution >= 4 is 29.3 Å². The lowest BCUT2D eigenvalue weighted by Crippen LogP contribution is -2.33. The molecule has 1 atom stereocenters. The molecule has 9 nitrogen and oxygen atoms in total. The van der Waals surface area contributed by atoms with Gasteiger partial charge in [0.25, 0.3) is 11.8 Å². The molecule has 1 aliphatic heterocycles. The van der Waals surface area contributed by atoms with Crippen molar-refractivity contribution in [2.24, 2.45) is 5.73 Å². The van der Waals surface area contributed by atoms with E-state index in [4.69, 9.17) is 20.6 Å². The number of nitrogen functional groups attached to an aromatic ring is 1. The molecule has 0 bridgehead atoms. The number of anilines is 1. The van der Waals surface area contributed by atoms with Crippen LogP contribution in [0.15, 0.2) is 66.7 Å². The van der Waals surface area contributed by atoms with E-state index in [-0.39, 0.29) is 30.8 Å². The number of amidine groups is 1. The number of rotatable bonds is 10. The van der Waals surface area contributed by atoms with Gasteiger partial charge >= 0.3 is 5.97 Å². The number of benzene rings is 3. The first-order chi connectivity index (χ1) is 17.8. The Bertz CT molecular complexity index is 1320. The van der Waals surface area contributed by atoms with Gasteiger partial charge in [0, 0.05) is 16.8 Å². The molecule has 1 heterocycles. The van der Waals surface area contributed by atoms with Gasteiger partial charge in [0.1, 0.15) is 18.2 Å². The van der Waals surface area contributed by atoms with Crippen LogP contribution in [-0.2, 0) is 16.0 Å². The summed E-state index contributed by atoms with van der Waals surface area (Å²) in [5.41, 5.74) is 9.04. The highest BCUT2D eigenvalue weighted by Gasteiger charge is 2.35. The van der Waals surface area contributed by atoms with Crippen LogP contribution in [0.25, 0.3) is 0 Å². The molecule has 9 heteroatoms. The number of carbonyl (C=O) groups is 3. The Labute approximate surface area is 214 Å². The second kappa shape index (κ2) is 10.9. The van der Waals surface area contributed by atoms with E-state index in [1.807, 2.05) is 19.1 Å². The summed E-state index contributed by atoms with van der Waals surface area (Å²) in [5.74, 6) is -0.852. The monoisotopic (exact) mass is 500 g/mol. The Morgan fingerprint density at radius 1 is 1.03 bits per heavy atom. The van der Waals surface area contributed by atoms with E-state index < -0.39 is 12.0 Å². The third kappa shape index (κ3) is 5.30. The standard InChI is InChI=1S/C28H28N4O5/c1-3-17-8-13-23(37-15-14-32-26(33)20-6-4-5-7-21(20)27(32)34)22(16-17)24(28(35)36-2)31-19-11-9-18(10-12-19)25(29)30/h4-13,16,24,31H,3,14-15H2,1-2H3,(H3,29,30). The number of nitrogens with two attached hydrogens (primary N) is 1. The van der Waals surface area contributed by atoms with Gasteiger partial charge in [-0.1, -0.05) is 25.1 Å². The highest BCUT2D eigenvalue weighted by atomic mass is 16.5. The quantitative estimate of drug-likeness (QED) is 0.168. The Morgan fingerprint density at radius 2 is 1.68 bits per heavy atom. The lowest BCUT2D eigenvalue weighted by atomic mass is 10.0. The molecule has 4 rings (SSSR count). The zero-order valence-electron chi connectivity index (χ0n) is 20.6. The fourth-order valence-electron chi connectivity index (χ4n) is 4.16. The third-order valence-electron chi connectivity index (χ3n) is 6.19. The fourth-order valence-corrected chi connectivity index (χ4v) is 4.16. The van der Waals surface area contributed by atoms with E-state index in [2.05, 4.69) is 5.32 Å². The molecule has 0 radical (unpaired) electrons. The molecule has 3 aromatic rings. The predicted molar refractivity (Wildman–Crippen MR) is 139 cm³/mol. The molecule has 4 N–H and O–H groups in total. The maximum atomic E-state index is 12.8. The molecule has 3 aromatic carbocycles. The molecular weight excluding hydrogens is 472 g/mol. The van der Waals surface area contributed by atoms with E-state index in [9.17, 15) is 14.4 Å². The van der Waals surface area contributed by atoms with Crippen molar-refractivity contribution in [3.05, 3.63) is 94.5 Å². The summed E-state index contributed by atoms with van der Waals surface area (Å²) < 4.78 is 11.1. The number of nitrogens with one attached hydrogen (secondary N) is 2. The Morgan fingerprint density at radius 3 is 2.24 bits per heavy atom. The van der Waals surface area contributed by atoms with E-state index in [1.54, 1.807) is 54.6 Å². The van der Waals surface area contributed by atoms with Gasteiger partial charge in [-0.25, -0.2) is 4.79 Å². The number of hydrogen-bond acceptors (Lipinski definition) is 7. The molecule has 1 aliphatic rings. The molecular formula is C28H28N4O5. The van der Waals surface area contributed by atoms with Crippen molar-refractivity contribution in [2.75, 3.05) is 25.6 Å². The minimum absolute atomic E-state index is 0.0468. The summed E-state index contributed by atoms with van der Waals surface area (Å²) in [6.45, 7) is 2.11. The van der Waals surface area contributed by atoms with Crippen LogP contribution in [0, 0.1) is 5.41 Å². The minimum Gasteiger partial charge on any atom is -0.491 e. The topological polar surface area (TPSA) is 135 Å². The Kier molecular flexibility index (Phi) is 7.52. The van der Waals surface area contributed by atoms with Crippen LogP contribution in [0.3, 0.4) is 0 Å². The number of carbonyl (C=O) groups excluding carboxylic acids is 3. The highest BCUT2D eigenvalue weighted by Crippen LogP contribution is 2.31. The number of imide groups is 1. The van der Waals surface area contributed by atoms with Crippen molar-refractivity contribution in [2.45, 2.75) is 19.4 Å². The average molecular weight is 501 g/mol. The zero-order valence-corrected chi connectivity index (χ0v) is 20.6. The maximum Gasteiger partial charge on any atom is 0.333 e. The van der Waals surface area contributed by atoms with Crippen LogP contribution in [0.1, 0.15) is 50.4 Å². The molecule has 190 valence electrons. The molecule has 0 saturated carbocycles. The number of methoxy groups -OCH3 is 1. The Balaban J connectivity index is 1.55. The molecule has 0 spiro atoms. The van der Waals surface area contributed by atoms with Crippen LogP contribution < -0.4 is 15.8 Å². The van der Waals surface area contributed by atoms with Crippen LogP contribution in [0.2, 0.25) is 0 Å². The first kappa shape index (κ1) is 25.4. The second-order valence-corrected chi connectivity index (χ2v) is 8.47. The van der Waals surface area contributed by atoms with Gasteiger partial charge in [0.2, 0.25) is 0 Å². The van der Waals surface area contributed by atoms with E-state index >= 15 is 0 Å². The first-order valence-electron chi connectivity index (χ1n) is 11.8. The normalized spacial score (nSPS) is 13.2. The number of nitrogens with zero attached hydrogens (tertiary/aromatic N) is 1. The summed E-state index contributed by atoms with van der Waals surface area (Å²) in [5, 5.41) is 10.7.